The molecule has 0 saturated heterocycles. The fraction of sp³-hybridized carbons (Fsp3) is 0.400. The van der Waals surface area contributed by atoms with E-state index < -0.39 is 0 Å². The van der Waals surface area contributed by atoms with Crippen LogP contribution in [0.15, 0.2) is 9.78 Å². The lowest BCUT2D eigenvalue weighted by atomic mass is 10.3. The minimum absolute atomic E-state index is 0.314. The first-order chi connectivity index (χ1) is 3.93. The Labute approximate surface area is 73.2 Å². The molecule has 0 spiro atoms. The van der Waals surface area contributed by atoms with Gasteiger partial charge in [-0.25, -0.2) is 0 Å². The highest BCUT2D eigenvalue weighted by Gasteiger charge is 1.94. The highest BCUT2D eigenvalue weighted by atomic mass is 127. The maximum atomic E-state index is 3.14. The van der Waals surface area contributed by atoms with Gasteiger partial charge in [0, 0.05) is 5.70 Å². The highest BCUT2D eigenvalue weighted by molar-refractivity contribution is 14.2. The maximum absolute atomic E-state index is 3.14. The molecule has 1 aliphatic heterocycles. The van der Waals surface area contributed by atoms with Gasteiger partial charge in [-0.3, -0.25) is 0 Å². The topological polar surface area (TPSA) is 12.0 Å². The lowest BCUT2D eigenvalue weighted by Gasteiger charge is -2.03. The van der Waals surface area contributed by atoms with Gasteiger partial charge in [0.2, 0.25) is 0 Å². The zero-order valence-corrected chi connectivity index (χ0v) is 8.64. The van der Waals surface area contributed by atoms with E-state index >= 15 is 0 Å². The second kappa shape index (κ2) is 3.81. The van der Waals surface area contributed by atoms with Crippen LogP contribution in [0.3, 0.4) is 0 Å². The average Bonchev–Trinajstić information content (AvgIpc) is 1.90. The molecule has 3 heteroatoms. The molecule has 1 N–H and O–H groups in total. The van der Waals surface area contributed by atoms with E-state index in [1.54, 1.807) is 0 Å². The Bertz CT molecular complexity index is 128. The van der Waals surface area contributed by atoms with E-state index in [2.05, 4.69) is 34.5 Å². The second-order valence-corrected chi connectivity index (χ2v) is 4.31. The van der Waals surface area contributed by atoms with Gasteiger partial charge < -0.3 is 3.53 Å². The number of hydrogen-bond acceptors (Lipinski definition) is 1. The Morgan fingerprint density at radius 3 is 3.00 bits per heavy atom. The fourth-order valence-electron chi connectivity index (χ4n) is 0.516. The van der Waals surface area contributed by atoms with Crippen molar-refractivity contribution in [2.75, 3.05) is 0 Å². The first kappa shape index (κ1) is 6.98. The summed E-state index contributed by atoms with van der Waals surface area (Å²) in [5.41, 5.74) is 1.43. The zero-order chi connectivity index (χ0) is 5.82. The molecule has 0 aromatic carbocycles. The molecule has 0 aliphatic carbocycles. The van der Waals surface area contributed by atoms with Crippen molar-refractivity contribution in [2.24, 2.45) is 0 Å². The first-order valence-electron chi connectivity index (χ1n) is 2.43. The van der Waals surface area contributed by atoms with Crippen LogP contribution in [0.1, 0.15) is 12.8 Å². The van der Waals surface area contributed by atoms with E-state index in [0.29, 0.717) is 20.7 Å². The SMILES string of the molecule is INC1=CI=CCC1. The van der Waals surface area contributed by atoms with Crippen molar-refractivity contribution in [2.45, 2.75) is 12.8 Å². The number of hydrogen-bond donors (Lipinski definition) is 1. The van der Waals surface area contributed by atoms with Crippen molar-refractivity contribution in [1.29, 1.82) is 0 Å². The Morgan fingerprint density at radius 2 is 2.62 bits per heavy atom. The number of halogens is 2. The molecule has 1 aliphatic rings. The molecule has 0 atom stereocenters. The van der Waals surface area contributed by atoms with Crippen LogP contribution in [0.4, 0.5) is 0 Å². The van der Waals surface area contributed by atoms with Crippen molar-refractivity contribution >= 4 is 47.6 Å². The molecule has 1 rings (SSSR count). The summed E-state index contributed by atoms with van der Waals surface area (Å²) < 4.78 is 7.90. The van der Waals surface area contributed by atoms with Gasteiger partial charge in [0.05, 0.1) is 22.9 Å². The van der Waals surface area contributed by atoms with Gasteiger partial charge in [0.15, 0.2) is 0 Å². The molecule has 0 fully saturated rings. The molecule has 8 heavy (non-hydrogen) atoms. The molecule has 1 heterocycles. The van der Waals surface area contributed by atoms with Crippen molar-refractivity contribution in [3.8, 4) is 0 Å². The predicted molar refractivity (Wildman–Crippen MR) is 54.6 cm³/mol. The van der Waals surface area contributed by atoms with Gasteiger partial charge in [-0.2, -0.15) is 0 Å². The summed E-state index contributed by atoms with van der Waals surface area (Å²) in [6.07, 6.45) is 2.51. The molecule has 0 radical (unpaired) electrons. The molecule has 1 nitrogen and oxygen atoms in total. The molecule has 0 amide bonds. The average molecular weight is 335 g/mol. The summed E-state index contributed by atoms with van der Waals surface area (Å²) in [6, 6.07) is 0. The summed E-state index contributed by atoms with van der Waals surface area (Å²) in [6.45, 7) is 0. The summed E-state index contributed by atoms with van der Waals surface area (Å²) in [5.74, 6) is 0. The van der Waals surface area contributed by atoms with Gasteiger partial charge in [-0.15, -0.1) is 0 Å². The summed E-state index contributed by atoms with van der Waals surface area (Å²) in [7, 11) is 0. The molecule has 0 aromatic rings. The highest BCUT2D eigenvalue weighted by Crippen LogP contribution is 2.15. The van der Waals surface area contributed by atoms with Gasteiger partial charge in [-0.05, 0) is 16.9 Å². The van der Waals surface area contributed by atoms with Crippen LogP contribution in [0.25, 0.3) is 0 Å². The fourth-order valence-corrected chi connectivity index (χ4v) is 3.36. The van der Waals surface area contributed by atoms with Crippen molar-refractivity contribution in [3.63, 3.8) is 0 Å². The van der Waals surface area contributed by atoms with Crippen LogP contribution in [-0.4, -0.2) is 4.01 Å². The zero-order valence-electron chi connectivity index (χ0n) is 4.32. The van der Waals surface area contributed by atoms with Crippen LogP contribution in [-0.2, 0) is 0 Å². The minimum Gasteiger partial charge on any atom is -0.332 e. The lowest BCUT2D eigenvalue weighted by Crippen LogP contribution is -1.98. The normalized spacial score (nSPS) is 18.9. The lowest BCUT2D eigenvalue weighted by molar-refractivity contribution is 0.994. The largest absolute Gasteiger partial charge is 0.332 e. The molecule has 0 aromatic heterocycles. The van der Waals surface area contributed by atoms with E-state index in [0.717, 1.165) is 0 Å². The molecule has 0 bridgehead atoms. The molecular weight excluding hydrogens is 328 g/mol. The van der Waals surface area contributed by atoms with Gasteiger partial charge >= 0.3 is 0 Å². The van der Waals surface area contributed by atoms with Crippen molar-refractivity contribution in [3.05, 3.63) is 9.78 Å². The third-order valence-electron chi connectivity index (χ3n) is 0.928. The monoisotopic (exact) mass is 335 g/mol. The van der Waals surface area contributed by atoms with Crippen LogP contribution in [0.5, 0.6) is 0 Å². The quantitative estimate of drug-likeness (QED) is 0.573. The van der Waals surface area contributed by atoms with E-state index in [4.69, 9.17) is 0 Å². The number of rotatable bonds is 1. The smallest absolute Gasteiger partial charge is 0.0557 e. The maximum Gasteiger partial charge on any atom is 0.0557 e. The Morgan fingerprint density at radius 1 is 1.75 bits per heavy atom. The van der Waals surface area contributed by atoms with Crippen LogP contribution >= 0.6 is 43.6 Å². The van der Waals surface area contributed by atoms with Crippen LogP contribution in [0.2, 0.25) is 0 Å². The molecule has 0 unspecified atom stereocenters. The predicted octanol–water partition coefficient (Wildman–Crippen LogP) is 2.33. The van der Waals surface area contributed by atoms with E-state index in [1.165, 1.54) is 18.5 Å². The Kier molecular flexibility index (Phi) is 3.33. The minimum atomic E-state index is 0.314. The first-order valence-corrected chi connectivity index (χ1v) is 6.00. The molecule has 46 valence electrons. The molecular formula is C5H7I2N. The van der Waals surface area contributed by atoms with Crippen molar-refractivity contribution in [1.82, 2.24) is 3.53 Å². The Balaban J connectivity index is 2.50. The van der Waals surface area contributed by atoms with Gasteiger partial charge in [0.1, 0.15) is 0 Å². The Hall–Kier alpha value is 0.870. The third kappa shape index (κ3) is 2.00. The van der Waals surface area contributed by atoms with Gasteiger partial charge in [-0.1, -0.05) is 24.7 Å². The number of nitrogens with one attached hydrogen (secondary N) is 1. The summed E-state index contributed by atoms with van der Waals surface area (Å²) >= 11 is 2.51. The van der Waals surface area contributed by atoms with E-state index in [9.17, 15) is 0 Å². The summed E-state index contributed by atoms with van der Waals surface area (Å²) in [5, 5.41) is 0. The van der Waals surface area contributed by atoms with E-state index in [-0.39, 0.29) is 0 Å². The van der Waals surface area contributed by atoms with E-state index in [1.807, 2.05) is 0 Å². The van der Waals surface area contributed by atoms with Crippen LogP contribution < -0.4 is 3.53 Å². The molecule has 0 saturated carbocycles. The van der Waals surface area contributed by atoms with Gasteiger partial charge in [0.25, 0.3) is 0 Å². The second-order valence-electron chi connectivity index (χ2n) is 1.55. The standard InChI is InChI=1S/C5H7I2N/c6-8-5-2-1-3-7-4-5/h3-4,8H,1-2H2. The third-order valence-corrected chi connectivity index (χ3v) is 3.86. The number of allylic oxidation sites excluding steroid dienone is 1. The van der Waals surface area contributed by atoms with Crippen molar-refractivity contribution < 1.29 is 0 Å². The van der Waals surface area contributed by atoms with Crippen LogP contribution in [0, 0.1) is 0 Å². The summed E-state index contributed by atoms with van der Waals surface area (Å²) in [4.78, 5) is 0.